The van der Waals surface area contributed by atoms with E-state index in [4.69, 9.17) is 0 Å². The Balaban J connectivity index is 1.68. The van der Waals surface area contributed by atoms with E-state index >= 15 is 0 Å². The summed E-state index contributed by atoms with van der Waals surface area (Å²) in [6, 6.07) is 7.70. The van der Waals surface area contributed by atoms with Gasteiger partial charge in [0.2, 0.25) is 0 Å². The Kier molecular flexibility index (Phi) is 3.53. The maximum Gasteiger partial charge on any atom is 0.0212 e. The molecule has 1 unspecified atom stereocenters. The molecule has 1 N–H and O–H groups in total. The second-order valence-electron chi connectivity index (χ2n) is 5.48. The first-order chi connectivity index (χ1) is 8.33. The lowest BCUT2D eigenvalue weighted by Gasteiger charge is -2.23. The van der Waals surface area contributed by atoms with Crippen molar-refractivity contribution in [2.45, 2.75) is 50.5 Å². The fourth-order valence-corrected chi connectivity index (χ4v) is 3.56. The lowest BCUT2D eigenvalue weighted by Crippen LogP contribution is -2.35. The monoisotopic (exact) mass is 293 g/mol. The molecule has 92 valence electrons. The predicted octanol–water partition coefficient (Wildman–Crippen LogP) is 4.01. The van der Waals surface area contributed by atoms with Gasteiger partial charge in [0.15, 0.2) is 0 Å². The summed E-state index contributed by atoms with van der Waals surface area (Å²) in [7, 11) is 0. The van der Waals surface area contributed by atoms with E-state index in [9.17, 15) is 0 Å². The van der Waals surface area contributed by atoms with Crippen LogP contribution < -0.4 is 5.32 Å². The molecule has 0 radical (unpaired) electrons. The molecule has 1 aliphatic carbocycles. The summed E-state index contributed by atoms with van der Waals surface area (Å²) in [5.74, 6) is 0.839. The van der Waals surface area contributed by atoms with Crippen molar-refractivity contribution in [2.24, 2.45) is 0 Å². The van der Waals surface area contributed by atoms with Crippen molar-refractivity contribution in [3.8, 4) is 0 Å². The molecule has 1 nitrogen and oxygen atoms in total. The van der Waals surface area contributed by atoms with Crippen LogP contribution in [0.1, 0.15) is 49.1 Å². The van der Waals surface area contributed by atoms with E-state index < -0.39 is 0 Å². The van der Waals surface area contributed by atoms with E-state index in [-0.39, 0.29) is 0 Å². The van der Waals surface area contributed by atoms with Crippen LogP contribution in [0.2, 0.25) is 0 Å². The topological polar surface area (TPSA) is 12.0 Å². The van der Waals surface area contributed by atoms with Gasteiger partial charge < -0.3 is 5.32 Å². The minimum Gasteiger partial charge on any atom is -0.314 e. The molecule has 0 amide bonds. The number of hydrogen-bond donors (Lipinski definition) is 1. The smallest absolute Gasteiger partial charge is 0.0212 e. The van der Waals surface area contributed by atoms with Crippen molar-refractivity contribution >= 4 is 15.9 Å². The van der Waals surface area contributed by atoms with E-state index in [0.29, 0.717) is 6.04 Å². The van der Waals surface area contributed by atoms with Crippen LogP contribution in [0.15, 0.2) is 22.7 Å². The molecule has 1 aliphatic heterocycles. The van der Waals surface area contributed by atoms with Crippen molar-refractivity contribution in [2.75, 3.05) is 6.54 Å². The van der Waals surface area contributed by atoms with E-state index in [1.807, 2.05) is 0 Å². The van der Waals surface area contributed by atoms with Gasteiger partial charge in [0, 0.05) is 10.5 Å². The van der Waals surface area contributed by atoms with Crippen LogP contribution in [-0.2, 0) is 6.42 Å². The number of benzene rings is 1. The first kappa shape index (κ1) is 11.7. The molecule has 2 heteroatoms. The zero-order chi connectivity index (χ0) is 11.7. The normalized spacial score (nSPS) is 24.9. The highest BCUT2D eigenvalue weighted by Gasteiger charge is 2.25. The maximum atomic E-state index is 3.73. The predicted molar refractivity (Wildman–Crippen MR) is 75.5 cm³/mol. The third kappa shape index (κ3) is 2.92. The van der Waals surface area contributed by atoms with Gasteiger partial charge in [0.05, 0.1) is 0 Å². The molecule has 0 spiro atoms. The van der Waals surface area contributed by atoms with Crippen LogP contribution in [0.5, 0.6) is 0 Å². The third-order valence-corrected chi connectivity index (χ3v) is 4.66. The molecule has 1 aromatic carbocycles. The Bertz CT molecular complexity index is 392. The zero-order valence-corrected chi connectivity index (χ0v) is 11.8. The van der Waals surface area contributed by atoms with Crippen molar-refractivity contribution in [1.82, 2.24) is 5.32 Å². The highest BCUT2D eigenvalue weighted by atomic mass is 79.9. The molecule has 3 rings (SSSR count). The van der Waals surface area contributed by atoms with Crippen LogP contribution in [0.3, 0.4) is 0 Å². The van der Waals surface area contributed by atoms with E-state index in [1.165, 1.54) is 60.7 Å². The Morgan fingerprint density at radius 2 is 2.06 bits per heavy atom. The SMILES string of the molecule is Brc1cc(CC2CCCCN2)ccc1C1CC1. The van der Waals surface area contributed by atoms with Gasteiger partial charge in [-0.15, -0.1) is 0 Å². The van der Waals surface area contributed by atoms with Crippen LogP contribution in [0, 0.1) is 0 Å². The molecule has 1 aromatic rings. The second-order valence-corrected chi connectivity index (χ2v) is 6.34. The van der Waals surface area contributed by atoms with Gasteiger partial charge in [0.1, 0.15) is 0 Å². The summed E-state index contributed by atoms with van der Waals surface area (Å²) in [5, 5.41) is 3.62. The maximum absolute atomic E-state index is 3.73. The number of hydrogen-bond acceptors (Lipinski definition) is 1. The number of piperidine rings is 1. The summed E-state index contributed by atoms with van der Waals surface area (Å²) in [6.45, 7) is 1.20. The Morgan fingerprint density at radius 1 is 1.18 bits per heavy atom. The Morgan fingerprint density at radius 3 is 2.71 bits per heavy atom. The first-order valence-electron chi connectivity index (χ1n) is 6.84. The lowest BCUT2D eigenvalue weighted by atomic mass is 9.97. The largest absolute Gasteiger partial charge is 0.314 e. The van der Waals surface area contributed by atoms with Gasteiger partial charge in [0.25, 0.3) is 0 Å². The molecular weight excluding hydrogens is 274 g/mol. The molecule has 1 saturated carbocycles. The molecule has 1 atom stereocenters. The summed E-state index contributed by atoms with van der Waals surface area (Å²) in [6.07, 6.45) is 8.01. The summed E-state index contributed by atoms with van der Waals surface area (Å²) < 4.78 is 1.33. The minimum absolute atomic E-state index is 0.697. The minimum atomic E-state index is 0.697. The Labute approximate surface area is 112 Å². The van der Waals surface area contributed by atoms with E-state index in [0.717, 1.165) is 5.92 Å². The molecule has 0 bridgehead atoms. The van der Waals surface area contributed by atoms with E-state index in [2.05, 4.69) is 39.4 Å². The third-order valence-electron chi connectivity index (χ3n) is 3.98. The van der Waals surface area contributed by atoms with E-state index in [1.54, 1.807) is 0 Å². The van der Waals surface area contributed by atoms with Crippen molar-refractivity contribution in [3.63, 3.8) is 0 Å². The molecule has 17 heavy (non-hydrogen) atoms. The average Bonchev–Trinajstić information content (AvgIpc) is 3.15. The van der Waals surface area contributed by atoms with Crippen LogP contribution in [0.4, 0.5) is 0 Å². The highest BCUT2D eigenvalue weighted by Crippen LogP contribution is 2.43. The zero-order valence-electron chi connectivity index (χ0n) is 10.2. The van der Waals surface area contributed by atoms with Gasteiger partial charge in [-0.25, -0.2) is 0 Å². The fraction of sp³-hybridized carbons (Fsp3) is 0.600. The highest BCUT2D eigenvalue weighted by molar-refractivity contribution is 9.10. The molecule has 2 aliphatic rings. The second kappa shape index (κ2) is 5.11. The summed E-state index contributed by atoms with van der Waals surface area (Å²) in [5.41, 5.74) is 2.99. The molecule has 1 heterocycles. The first-order valence-corrected chi connectivity index (χ1v) is 7.64. The fourth-order valence-electron chi connectivity index (χ4n) is 2.81. The van der Waals surface area contributed by atoms with Gasteiger partial charge in [-0.1, -0.05) is 34.5 Å². The molecule has 1 saturated heterocycles. The molecular formula is C15H20BrN. The van der Waals surface area contributed by atoms with Crippen LogP contribution >= 0.6 is 15.9 Å². The van der Waals surface area contributed by atoms with Gasteiger partial charge in [-0.05, 0) is 61.8 Å². The van der Waals surface area contributed by atoms with Crippen LogP contribution in [0.25, 0.3) is 0 Å². The number of halogens is 1. The number of nitrogens with one attached hydrogen (secondary N) is 1. The Hall–Kier alpha value is -0.340. The molecule has 0 aromatic heterocycles. The van der Waals surface area contributed by atoms with Crippen molar-refractivity contribution < 1.29 is 0 Å². The van der Waals surface area contributed by atoms with Crippen LogP contribution in [-0.4, -0.2) is 12.6 Å². The van der Waals surface area contributed by atoms with Gasteiger partial charge in [-0.3, -0.25) is 0 Å². The standard InChI is InChI=1S/C15H20BrN/c16-15-10-11(4-7-14(15)12-5-6-12)9-13-3-1-2-8-17-13/h4,7,10,12-13,17H,1-3,5-6,8-9H2. The van der Waals surface area contributed by atoms with Crippen molar-refractivity contribution in [1.29, 1.82) is 0 Å². The molecule has 2 fully saturated rings. The van der Waals surface area contributed by atoms with Gasteiger partial charge >= 0.3 is 0 Å². The lowest BCUT2D eigenvalue weighted by molar-refractivity contribution is 0.399. The summed E-state index contributed by atoms with van der Waals surface area (Å²) >= 11 is 3.73. The van der Waals surface area contributed by atoms with Crippen molar-refractivity contribution in [3.05, 3.63) is 33.8 Å². The number of rotatable bonds is 3. The quantitative estimate of drug-likeness (QED) is 0.888. The average molecular weight is 294 g/mol. The summed E-state index contributed by atoms with van der Waals surface area (Å²) in [4.78, 5) is 0. The van der Waals surface area contributed by atoms with Gasteiger partial charge in [-0.2, -0.15) is 0 Å².